The second-order valence-corrected chi connectivity index (χ2v) is 15.7. The van der Waals surface area contributed by atoms with Crippen LogP contribution in [0.4, 0.5) is 10.0 Å². The molecule has 0 fully saturated rings. The molecule has 0 aliphatic heterocycles. The first-order chi connectivity index (χ1) is 19.8. The maximum absolute atomic E-state index is 9.05. The van der Waals surface area contributed by atoms with Gasteiger partial charge in [0.1, 0.15) is 12.1 Å². The van der Waals surface area contributed by atoms with Gasteiger partial charge in [-0.05, 0) is 47.5 Å². The zero-order chi connectivity index (χ0) is 28.5. The first-order valence-corrected chi connectivity index (χ1v) is 16.8. The highest BCUT2D eigenvalue weighted by atomic mass is 32.1. The molecule has 194 valence electrons. The monoisotopic (exact) mass is 636 g/mol. The third kappa shape index (κ3) is 4.01. The van der Waals surface area contributed by atoms with Gasteiger partial charge in [-0.15, -0.1) is 45.3 Å². The number of hydrogen-bond acceptors (Lipinski definition) is 10. The molecule has 0 atom stereocenters. The van der Waals surface area contributed by atoms with E-state index in [1.54, 1.807) is 22.7 Å². The summed E-state index contributed by atoms with van der Waals surface area (Å²) in [5.41, 5.74) is 2.65. The Kier molecular flexibility index (Phi) is 6.04. The van der Waals surface area contributed by atoms with E-state index in [4.69, 9.17) is 23.7 Å². The molecule has 6 heterocycles. The Hall–Kier alpha value is -3.98. The lowest BCUT2D eigenvalue weighted by atomic mass is 9.84. The highest BCUT2D eigenvalue weighted by Crippen LogP contribution is 2.62. The first-order valence-electron chi connectivity index (χ1n) is 11.9. The molecule has 6 aromatic heterocycles. The summed E-state index contributed by atoms with van der Waals surface area (Å²) in [4.78, 5) is 21.8. The largest absolute Gasteiger partial charge is 0.351 e. The van der Waals surface area contributed by atoms with Crippen molar-refractivity contribution in [3.8, 4) is 41.4 Å². The van der Waals surface area contributed by atoms with Crippen LogP contribution in [-0.4, -0.2) is 11.7 Å². The van der Waals surface area contributed by atoms with Crippen LogP contribution in [0.1, 0.15) is 25.0 Å². The van der Waals surface area contributed by atoms with Crippen molar-refractivity contribution >= 4 is 108 Å². The average molecular weight is 637 g/mol. The minimum absolute atomic E-state index is 0.119. The summed E-state index contributed by atoms with van der Waals surface area (Å²) in [7, 11) is 0. The van der Waals surface area contributed by atoms with Gasteiger partial charge in [-0.2, -0.15) is 0 Å². The van der Waals surface area contributed by atoms with Gasteiger partial charge < -0.3 is 9.69 Å². The molecule has 0 N–H and O–H groups in total. The minimum atomic E-state index is -0.152. The van der Waals surface area contributed by atoms with Crippen LogP contribution >= 0.6 is 68.0 Å². The summed E-state index contributed by atoms with van der Waals surface area (Å²) in [5, 5.41) is 19.4. The highest BCUT2D eigenvalue weighted by Gasteiger charge is 2.42. The Bertz CT molecular complexity index is 2270. The smallest absolute Gasteiger partial charge is 0.350 e. The molecule has 1 aliphatic carbocycles. The zero-order valence-electron chi connectivity index (χ0n) is 21.1. The van der Waals surface area contributed by atoms with E-state index < -0.39 is 0 Å². The fourth-order valence-electron chi connectivity index (χ4n) is 4.91. The Labute approximate surface area is 258 Å². The number of fused-ring (bicyclic) bond motifs is 7. The van der Waals surface area contributed by atoms with Crippen molar-refractivity contribution in [3.05, 3.63) is 70.4 Å². The van der Waals surface area contributed by atoms with E-state index in [1.165, 1.54) is 72.1 Å². The van der Waals surface area contributed by atoms with Crippen LogP contribution in [0.25, 0.3) is 57.8 Å². The van der Waals surface area contributed by atoms with Crippen molar-refractivity contribution in [1.29, 1.82) is 10.5 Å². The lowest BCUT2D eigenvalue weighted by Crippen LogP contribution is -2.13. The van der Waals surface area contributed by atoms with Gasteiger partial charge in [0.25, 0.3) is 0 Å². The zero-order valence-corrected chi connectivity index (χ0v) is 26.0. The quantitative estimate of drug-likeness (QED) is 0.110. The number of hydrogen-bond donors (Lipinski definition) is 0. The molecule has 41 heavy (non-hydrogen) atoms. The van der Waals surface area contributed by atoms with Gasteiger partial charge in [-0.3, -0.25) is 0 Å². The third-order valence-corrected chi connectivity index (χ3v) is 14.3. The van der Waals surface area contributed by atoms with Crippen LogP contribution in [0.2, 0.25) is 0 Å². The van der Waals surface area contributed by atoms with Gasteiger partial charge in [0.15, 0.2) is 0 Å². The Balaban J connectivity index is 1.28. The second kappa shape index (κ2) is 9.55. The standard InChI is InChI=1S/C29H12N6S6/c1-29(2)13-9-16(14-5-7-21(36-14)34-19(11-30)32-3)38-24(13)26-23(29)27-28(41-26)25-18(40-27)10-17(39-25)15-6-8-22(37-15)35-20(12-31)33-4/h5-10H,1-2H3. The summed E-state index contributed by atoms with van der Waals surface area (Å²) in [6.07, 6.45) is 0. The number of aliphatic imine (C=N–C) groups is 2. The fourth-order valence-corrected chi connectivity index (χ4v) is 12.9. The van der Waals surface area contributed by atoms with E-state index in [2.05, 4.69) is 45.7 Å². The predicted molar refractivity (Wildman–Crippen MR) is 176 cm³/mol. The van der Waals surface area contributed by atoms with Gasteiger partial charge in [0.05, 0.1) is 19.0 Å². The maximum atomic E-state index is 9.05. The van der Waals surface area contributed by atoms with Gasteiger partial charge in [-0.1, -0.05) is 59.7 Å². The number of rotatable bonds is 4. The SMILES string of the molecule is [C-]#[N+]C(C#N)=Nc1ccc(-c2cc3c(s2)-c2sc4c(sc5cc(-c6ccc(N=C(C#N)[N+]#[C-])s6)sc54)c2C3(C)C)s1. The number of amidine groups is 2. The molecule has 12 heteroatoms. The van der Waals surface area contributed by atoms with E-state index in [-0.39, 0.29) is 17.1 Å². The lowest BCUT2D eigenvalue weighted by Gasteiger charge is -2.19. The van der Waals surface area contributed by atoms with Crippen molar-refractivity contribution in [2.75, 3.05) is 0 Å². The summed E-state index contributed by atoms with van der Waals surface area (Å²) < 4.78 is 5.29. The Morgan fingerprint density at radius 2 is 1.32 bits per heavy atom. The average Bonchev–Trinajstić information content (AvgIpc) is 3.79. The summed E-state index contributed by atoms with van der Waals surface area (Å²) in [6.45, 7) is 18.8. The van der Waals surface area contributed by atoms with E-state index in [0.29, 0.717) is 10.0 Å². The fraction of sp³-hybridized carbons (Fsp3) is 0.103. The molecule has 0 saturated heterocycles. The lowest BCUT2D eigenvalue weighted by molar-refractivity contribution is 0.670. The molecule has 0 saturated carbocycles. The highest BCUT2D eigenvalue weighted by molar-refractivity contribution is 7.41. The molecule has 0 aromatic carbocycles. The van der Waals surface area contributed by atoms with E-state index >= 15 is 0 Å². The van der Waals surface area contributed by atoms with E-state index in [1.807, 2.05) is 59.1 Å². The molecular weight excluding hydrogens is 625 g/mol. The van der Waals surface area contributed by atoms with Crippen molar-refractivity contribution in [2.45, 2.75) is 19.3 Å². The first kappa shape index (κ1) is 26.0. The second-order valence-electron chi connectivity index (χ2n) is 9.44. The summed E-state index contributed by atoms with van der Waals surface area (Å²) >= 11 is 10.3. The van der Waals surface area contributed by atoms with E-state index in [9.17, 15) is 0 Å². The maximum Gasteiger partial charge on any atom is 0.350 e. The molecule has 0 unspecified atom stereocenters. The van der Waals surface area contributed by atoms with Crippen molar-refractivity contribution in [3.63, 3.8) is 0 Å². The van der Waals surface area contributed by atoms with Crippen LogP contribution < -0.4 is 0 Å². The normalized spacial score (nSPS) is 14.0. The number of thiophene rings is 6. The van der Waals surface area contributed by atoms with Crippen molar-refractivity contribution in [2.24, 2.45) is 9.98 Å². The molecule has 0 bridgehead atoms. The van der Waals surface area contributed by atoms with Crippen LogP contribution in [0, 0.1) is 35.8 Å². The van der Waals surface area contributed by atoms with E-state index in [0.717, 1.165) is 9.75 Å². The van der Waals surface area contributed by atoms with Crippen molar-refractivity contribution < 1.29 is 0 Å². The molecule has 6 nitrogen and oxygen atoms in total. The van der Waals surface area contributed by atoms with Crippen LogP contribution in [0.15, 0.2) is 46.4 Å². The molecule has 0 spiro atoms. The summed E-state index contributed by atoms with van der Waals surface area (Å²) in [6, 6.07) is 16.0. The molecule has 0 amide bonds. The Morgan fingerprint density at radius 3 is 1.90 bits per heavy atom. The van der Waals surface area contributed by atoms with Gasteiger partial charge in [0.2, 0.25) is 10.0 Å². The van der Waals surface area contributed by atoms with Crippen LogP contribution in [-0.2, 0) is 5.41 Å². The number of nitriles is 2. The van der Waals surface area contributed by atoms with Gasteiger partial charge in [-0.25, -0.2) is 10.5 Å². The van der Waals surface area contributed by atoms with Gasteiger partial charge >= 0.3 is 11.7 Å². The molecule has 6 aromatic rings. The third-order valence-electron chi connectivity index (χ3n) is 6.73. The Morgan fingerprint density at radius 1 is 0.707 bits per heavy atom. The van der Waals surface area contributed by atoms with Crippen LogP contribution in [0.5, 0.6) is 0 Å². The minimum Gasteiger partial charge on any atom is -0.351 e. The molecular formula is C29H12N6S6. The van der Waals surface area contributed by atoms with Gasteiger partial charge in [0, 0.05) is 34.5 Å². The number of nitrogens with zero attached hydrogens (tertiary/aromatic N) is 6. The topological polar surface area (TPSA) is 81.0 Å². The molecule has 1 aliphatic rings. The summed E-state index contributed by atoms with van der Waals surface area (Å²) in [5.74, 6) is -0.304. The molecule has 7 rings (SSSR count). The van der Waals surface area contributed by atoms with Crippen LogP contribution in [0.3, 0.4) is 0 Å². The molecule has 0 radical (unpaired) electrons. The predicted octanol–water partition coefficient (Wildman–Crippen LogP) is 10.9. The van der Waals surface area contributed by atoms with Crippen molar-refractivity contribution in [1.82, 2.24) is 0 Å².